The van der Waals surface area contributed by atoms with Crippen LogP contribution in [-0.2, 0) is 16.6 Å². The summed E-state index contributed by atoms with van der Waals surface area (Å²) in [6.45, 7) is 0.0532. The maximum absolute atomic E-state index is 12.0. The summed E-state index contributed by atoms with van der Waals surface area (Å²) in [5, 5.41) is 10.1. The Morgan fingerprint density at radius 1 is 1.48 bits per heavy atom. The summed E-state index contributed by atoms with van der Waals surface area (Å²) < 4.78 is 31.3. The molecule has 0 amide bonds. The van der Waals surface area contributed by atoms with Crippen LogP contribution in [0.4, 0.5) is 0 Å². The number of sulfonamides is 1. The molecule has 2 N–H and O–H groups in total. The maximum atomic E-state index is 12.0. The van der Waals surface area contributed by atoms with Gasteiger partial charge in [0.15, 0.2) is 0 Å². The fourth-order valence-electron chi connectivity index (χ4n) is 1.47. The van der Waals surface area contributed by atoms with Crippen LogP contribution in [-0.4, -0.2) is 31.6 Å². The van der Waals surface area contributed by atoms with Gasteiger partial charge in [-0.2, -0.15) is 0 Å². The van der Waals surface area contributed by atoms with Gasteiger partial charge < -0.3 is 9.84 Å². The smallest absolute Gasteiger partial charge is 0.345 e. The number of pyridine rings is 1. The van der Waals surface area contributed by atoms with E-state index in [0.717, 1.165) is 17.4 Å². The zero-order chi connectivity index (χ0) is 15.5. The molecule has 0 aromatic carbocycles. The minimum absolute atomic E-state index is 0.0264. The first kappa shape index (κ1) is 15.4. The molecule has 0 spiro atoms. The van der Waals surface area contributed by atoms with Gasteiger partial charge in [-0.25, -0.2) is 22.9 Å². The van der Waals surface area contributed by atoms with Gasteiger partial charge in [0, 0.05) is 24.2 Å². The number of carboxylic acid groups (broad SMARTS) is 1. The van der Waals surface area contributed by atoms with Crippen molar-refractivity contribution in [3.8, 4) is 5.88 Å². The Bertz CT molecular complexity index is 737. The molecule has 2 aromatic rings. The highest BCUT2D eigenvalue weighted by Gasteiger charge is 2.18. The molecule has 2 aromatic heterocycles. The molecular weight excluding hydrogens is 316 g/mol. The molecule has 112 valence electrons. The lowest BCUT2D eigenvalue weighted by Gasteiger charge is -2.05. The molecule has 0 aliphatic carbocycles. The van der Waals surface area contributed by atoms with Crippen molar-refractivity contribution in [2.45, 2.75) is 11.4 Å². The molecule has 2 heterocycles. The topological polar surface area (TPSA) is 106 Å². The van der Waals surface area contributed by atoms with Crippen LogP contribution in [0.25, 0.3) is 0 Å². The van der Waals surface area contributed by atoms with Gasteiger partial charge in [0.25, 0.3) is 0 Å². The largest absolute Gasteiger partial charge is 0.481 e. The molecule has 0 radical (unpaired) electrons. The van der Waals surface area contributed by atoms with E-state index in [4.69, 9.17) is 9.84 Å². The Labute approximate surface area is 125 Å². The van der Waals surface area contributed by atoms with Crippen molar-refractivity contribution in [2.24, 2.45) is 0 Å². The quantitative estimate of drug-likeness (QED) is 0.828. The number of nitrogens with one attached hydrogen (secondary N) is 1. The Balaban J connectivity index is 2.07. The highest BCUT2D eigenvalue weighted by Crippen LogP contribution is 2.19. The van der Waals surface area contributed by atoms with Gasteiger partial charge in [-0.3, -0.25) is 0 Å². The number of aromatic nitrogens is 1. The average Bonchev–Trinajstić information content (AvgIpc) is 2.97. The van der Waals surface area contributed by atoms with Crippen LogP contribution in [0.5, 0.6) is 5.88 Å². The second-order valence-corrected chi connectivity index (χ2v) is 6.66. The van der Waals surface area contributed by atoms with Crippen LogP contribution < -0.4 is 9.46 Å². The molecule has 0 saturated carbocycles. The highest BCUT2D eigenvalue weighted by molar-refractivity contribution is 7.89. The molecule has 2 rings (SSSR count). The van der Waals surface area contributed by atoms with E-state index in [1.165, 1.54) is 18.7 Å². The lowest BCUT2D eigenvalue weighted by Crippen LogP contribution is -2.22. The third kappa shape index (κ3) is 3.78. The zero-order valence-corrected chi connectivity index (χ0v) is 12.6. The summed E-state index contributed by atoms with van der Waals surface area (Å²) in [6, 6.07) is 4.43. The predicted molar refractivity (Wildman–Crippen MR) is 76.1 cm³/mol. The van der Waals surface area contributed by atoms with Crippen molar-refractivity contribution < 1.29 is 23.1 Å². The first-order chi connectivity index (χ1) is 9.92. The fraction of sp³-hybridized carbons (Fsp3) is 0.167. The van der Waals surface area contributed by atoms with Gasteiger partial charge in [-0.15, -0.1) is 11.3 Å². The molecule has 0 saturated heterocycles. The molecule has 7 nitrogen and oxygen atoms in total. The Morgan fingerprint density at radius 2 is 2.24 bits per heavy atom. The average molecular weight is 328 g/mol. The van der Waals surface area contributed by atoms with E-state index in [2.05, 4.69) is 9.71 Å². The monoisotopic (exact) mass is 328 g/mol. The highest BCUT2D eigenvalue weighted by atomic mass is 32.2. The minimum atomic E-state index is -3.75. The molecule has 21 heavy (non-hydrogen) atoms. The van der Waals surface area contributed by atoms with E-state index < -0.39 is 16.0 Å². The molecule has 0 aliphatic heterocycles. The summed E-state index contributed by atoms with van der Waals surface area (Å²) >= 11 is 0.864. The van der Waals surface area contributed by atoms with Crippen LogP contribution in [0.1, 0.15) is 15.2 Å². The molecular formula is C12H12N2O5S2. The van der Waals surface area contributed by atoms with E-state index in [0.29, 0.717) is 11.4 Å². The number of rotatable bonds is 6. The van der Waals surface area contributed by atoms with Crippen molar-refractivity contribution in [2.75, 3.05) is 7.11 Å². The van der Waals surface area contributed by atoms with E-state index in [1.54, 1.807) is 12.1 Å². The Kier molecular flexibility index (Phi) is 4.56. The molecule has 0 unspecified atom stereocenters. The molecule has 9 heteroatoms. The van der Waals surface area contributed by atoms with Crippen LogP contribution in [0.2, 0.25) is 0 Å². The molecule has 0 fully saturated rings. The van der Waals surface area contributed by atoms with E-state index >= 15 is 0 Å². The van der Waals surface area contributed by atoms with E-state index in [1.807, 2.05) is 0 Å². The summed E-state index contributed by atoms with van der Waals surface area (Å²) in [5.41, 5.74) is 0.660. The van der Waals surface area contributed by atoms with E-state index in [-0.39, 0.29) is 16.3 Å². The summed E-state index contributed by atoms with van der Waals surface area (Å²) in [7, 11) is -2.26. The van der Waals surface area contributed by atoms with Crippen molar-refractivity contribution in [3.05, 3.63) is 40.2 Å². The molecule has 0 atom stereocenters. The summed E-state index contributed by atoms with van der Waals surface area (Å²) in [5.74, 6) is -0.716. The number of carbonyl (C=O) groups is 1. The van der Waals surface area contributed by atoms with Gasteiger partial charge in [0.1, 0.15) is 4.88 Å². The fourth-order valence-corrected chi connectivity index (χ4v) is 3.60. The number of hydrogen-bond donors (Lipinski definition) is 2. The summed E-state index contributed by atoms with van der Waals surface area (Å²) in [4.78, 5) is 14.6. The van der Waals surface area contributed by atoms with Crippen molar-refractivity contribution >= 4 is 27.3 Å². The number of hydrogen-bond acceptors (Lipinski definition) is 6. The number of ether oxygens (including phenoxy) is 1. The van der Waals surface area contributed by atoms with Crippen molar-refractivity contribution in [3.63, 3.8) is 0 Å². The third-order valence-electron chi connectivity index (χ3n) is 2.57. The number of aromatic carboxylic acids is 1. The Hall–Kier alpha value is -1.97. The lowest BCUT2D eigenvalue weighted by molar-refractivity contribution is 0.0702. The maximum Gasteiger partial charge on any atom is 0.345 e. The first-order valence-corrected chi connectivity index (χ1v) is 8.09. The van der Waals surface area contributed by atoms with Crippen LogP contribution in [0, 0.1) is 0 Å². The van der Waals surface area contributed by atoms with Crippen LogP contribution >= 0.6 is 11.3 Å². The van der Waals surface area contributed by atoms with Crippen LogP contribution in [0.15, 0.2) is 34.7 Å². The van der Waals surface area contributed by atoms with Gasteiger partial charge in [0.2, 0.25) is 15.9 Å². The van der Waals surface area contributed by atoms with Gasteiger partial charge in [-0.1, -0.05) is 6.07 Å². The normalized spacial score (nSPS) is 11.3. The van der Waals surface area contributed by atoms with Gasteiger partial charge in [0.05, 0.1) is 12.0 Å². The van der Waals surface area contributed by atoms with Crippen LogP contribution in [0.3, 0.4) is 0 Å². The minimum Gasteiger partial charge on any atom is -0.481 e. The van der Waals surface area contributed by atoms with Gasteiger partial charge in [-0.05, 0) is 11.6 Å². The van der Waals surface area contributed by atoms with E-state index in [9.17, 15) is 13.2 Å². The first-order valence-electron chi connectivity index (χ1n) is 5.73. The zero-order valence-electron chi connectivity index (χ0n) is 10.9. The number of thiophene rings is 1. The number of nitrogens with zero attached hydrogens (tertiary/aromatic N) is 1. The lowest BCUT2D eigenvalue weighted by atomic mass is 10.3. The predicted octanol–water partition coefficient (Wildman–Crippen LogP) is 1.33. The molecule has 0 aliphatic rings. The third-order valence-corrected chi connectivity index (χ3v) is 5.02. The standard InChI is InChI=1S/C12H12N2O5S2/c1-19-11-3-2-8(5-13-11)6-14-21(17,18)9-4-10(12(15)16)20-7-9/h2-5,7,14H,6H2,1H3,(H,15,16). The second-order valence-electron chi connectivity index (χ2n) is 3.99. The SMILES string of the molecule is COc1ccc(CNS(=O)(=O)c2csc(C(=O)O)c2)cn1. The molecule has 0 bridgehead atoms. The second kappa shape index (κ2) is 6.20. The van der Waals surface area contributed by atoms with Crippen molar-refractivity contribution in [1.29, 1.82) is 0 Å². The number of methoxy groups -OCH3 is 1. The Morgan fingerprint density at radius 3 is 2.76 bits per heavy atom. The van der Waals surface area contributed by atoms with Gasteiger partial charge >= 0.3 is 5.97 Å². The summed E-state index contributed by atoms with van der Waals surface area (Å²) in [6.07, 6.45) is 1.50. The number of carboxylic acids is 1. The van der Waals surface area contributed by atoms with Crippen molar-refractivity contribution in [1.82, 2.24) is 9.71 Å².